The number of fused-ring (bicyclic) bond motifs is 1. The van der Waals surface area contributed by atoms with Crippen molar-refractivity contribution in [3.8, 4) is 5.75 Å². The normalized spacial score (nSPS) is 13.5. The SMILES string of the molecule is [B]c1ccc2c(c1)C=C(C(=O)OC)CO2. The Bertz CT molecular complexity index is 437. The van der Waals surface area contributed by atoms with Crippen LogP contribution in [-0.2, 0) is 9.53 Å². The number of benzene rings is 1. The molecule has 74 valence electrons. The van der Waals surface area contributed by atoms with Gasteiger partial charge < -0.3 is 9.47 Å². The maximum absolute atomic E-state index is 11.3. The zero-order valence-corrected chi connectivity index (χ0v) is 8.32. The smallest absolute Gasteiger partial charge is 0.337 e. The van der Waals surface area contributed by atoms with Crippen molar-refractivity contribution in [2.45, 2.75) is 0 Å². The van der Waals surface area contributed by atoms with Gasteiger partial charge in [0.05, 0.1) is 12.7 Å². The number of hydrogen-bond acceptors (Lipinski definition) is 3. The summed E-state index contributed by atoms with van der Waals surface area (Å²) < 4.78 is 10.0. The van der Waals surface area contributed by atoms with Crippen molar-refractivity contribution in [3.63, 3.8) is 0 Å². The number of rotatable bonds is 1. The molecule has 1 aromatic carbocycles. The van der Waals surface area contributed by atoms with Gasteiger partial charge in [-0.15, -0.1) is 0 Å². The molecule has 1 aliphatic rings. The molecule has 0 bridgehead atoms. The first-order chi connectivity index (χ1) is 7.20. The van der Waals surface area contributed by atoms with Gasteiger partial charge in [0.15, 0.2) is 0 Å². The van der Waals surface area contributed by atoms with Crippen molar-refractivity contribution < 1.29 is 14.3 Å². The van der Waals surface area contributed by atoms with Gasteiger partial charge in [-0.2, -0.15) is 0 Å². The van der Waals surface area contributed by atoms with Crippen LogP contribution in [0.25, 0.3) is 6.08 Å². The molecule has 3 nitrogen and oxygen atoms in total. The van der Waals surface area contributed by atoms with Gasteiger partial charge in [-0.05, 0) is 12.1 Å². The molecule has 1 aromatic rings. The highest BCUT2D eigenvalue weighted by atomic mass is 16.5. The quantitative estimate of drug-likeness (QED) is 0.487. The Hall–Kier alpha value is -1.71. The standard InChI is InChI=1S/C11H9BO3/c1-14-11(13)8-4-7-5-9(12)2-3-10(7)15-6-8/h2-5H,6H2,1H3. The lowest BCUT2D eigenvalue weighted by atomic mass is 9.93. The van der Waals surface area contributed by atoms with Crippen molar-refractivity contribution in [2.75, 3.05) is 13.7 Å². The molecule has 0 fully saturated rings. The fourth-order valence-electron chi connectivity index (χ4n) is 1.45. The summed E-state index contributed by atoms with van der Waals surface area (Å²) in [6.45, 7) is 0.240. The lowest BCUT2D eigenvalue weighted by molar-refractivity contribution is -0.136. The van der Waals surface area contributed by atoms with E-state index < -0.39 is 0 Å². The van der Waals surface area contributed by atoms with Crippen molar-refractivity contribution in [3.05, 3.63) is 29.3 Å². The number of carbonyl (C=O) groups is 1. The van der Waals surface area contributed by atoms with Crippen molar-refractivity contribution in [1.82, 2.24) is 0 Å². The molecular weight excluding hydrogens is 191 g/mol. The lowest BCUT2D eigenvalue weighted by Crippen LogP contribution is -2.17. The lowest BCUT2D eigenvalue weighted by Gasteiger charge is -2.16. The molecule has 0 amide bonds. The van der Waals surface area contributed by atoms with E-state index in [2.05, 4.69) is 4.74 Å². The molecule has 1 aliphatic heterocycles. The summed E-state index contributed by atoms with van der Waals surface area (Å²) in [6, 6.07) is 5.31. The summed E-state index contributed by atoms with van der Waals surface area (Å²) >= 11 is 0. The Kier molecular flexibility index (Phi) is 2.50. The van der Waals surface area contributed by atoms with E-state index in [1.807, 2.05) is 0 Å². The predicted molar refractivity (Wildman–Crippen MR) is 57.3 cm³/mol. The summed E-state index contributed by atoms with van der Waals surface area (Å²) in [5, 5.41) is 0. The molecule has 15 heavy (non-hydrogen) atoms. The van der Waals surface area contributed by atoms with Gasteiger partial charge in [0, 0.05) is 5.56 Å². The number of esters is 1. The van der Waals surface area contributed by atoms with Crippen LogP contribution in [0.1, 0.15) is 5.56 Å². The maximum Gasteiger partial charge on any atom is 0.337 e. The third-order valence-electron chi connectivity index (χ3n) is 2.19. The fourth-order valence-corrected chi connectivity index (χ4v) is 1.45. The summed E-state index contributed by atoms with van der Waals surface area (Å²) in [5.74, 6) is 0.361. The number of hydrogen-bond donors (Lipinski definition) is 0. The number of ether oxygens (including phenoxy) is 2. The van der Waals surface area contributed by atoms with Crippen LogP contribution in [0.4, 0.5) is 0 Å². The topological polar surface area (TPSA) is 35.5 Å². The van der Waals surface area contributed by atoms with Crippen LogP contribution >= 0.6 is 0 Å². The molecule has 4 heteroatoms. The Morgan fingerprint density at radius 1 is 1.53 bits per heavy atom. The van der Waals surface area contributed by atoms with Gasteiger partial charge in [-0.25, -0.2) is 4.79 Å². The van der Waals surface area contributed by atoms with E-state index in [1.54, 1.807) is 24.3 Å². The van der Waals surface area contributed by atoms with E-state index in [1.165, 1.54) is 7.11 Å². The predicted octanol–water partition coefficient (Wildman–Crippen LogP) is 0.429. The average molecular weight is 200 g/mol. The largest absolute Gasteiger partial charge is 0.488 e. The fraction of sp³-hybridized carbons (Fsp3) is 0.182. The maximum atomic E-state index is 11.3. The van der Waals surface area contributed by atoms with E-state index in [9.17, 15) is 4.79 Å². The Balaban J connectivity index is 2.39. The van der Waals surface area contributed by atoms with Crippen LogP contribution in [0, 0.1) is 0 Å². The minimum atomic E-state index is -0.372. The first-order valence-electron chi connectivity index (χ1n) is 4.52. The molecular formula is C11H9BO3. The molecule has 0 aromatic heterocycles. The minimum Gasteiger partial charge on any atom is -0.488 e. The molecule has 0 unspecified atom stereocenters. The van der Waals surface area contributed by atoms with Crippen molar-refractivity contribution in [2.24, 2.45) is 0 Å². The highest BCUT2D eigenvalue weighted by molar-refractivity contribution is 6.32. The van der Waals surface area contributed by atoms with Crippen LogP contribution in [0.15, 0.2) is 23.8 Å². The molecule has 2 radical (unpaired) electrons. The van der Waals surface area contributed by atoms with E-state index in [0.717, 1.165) is 11.3 Å². The third kappa shape index (κ3) is 1.88. The van der Waals surface area contributed by atoms with Crippen molar-refractivity contribution >= 4 is 25.4 Å². The van der Waals surface area contributed by atoms with Gasteiger partial charge in [0.1, 0.15) is 20.2 Å². The monoisotopic (exact) mass is 200 g/mol. The summed E-state index contributed by atoms with van der Waals surface area (Å²) in [5.41, 5.74) is 1.94. The first-order valence-corrected chi connectivity index (χ1v) is 4.52. The molecule has 0 atom stereocenters. The van der Waals surface area contributed by atoms with E-state index in [0.29, 0.717) is 11.0 Å². The Morgan fingerprint density at radius 3 is 3.07 bits per heavy atom. The number of methoxy groups -OCH3 is 1. The van der Waals surface area contributed by atoms with Gasteiger partial charge in [0.25, 0.3) is 0 Å². The molecule has 0 saturated heterocycles. The Morgan fingerprint density at radius 2 is 2.33 bits per heavy atom. The van der Waals surface area contributed by atoms with Crippen LogP contribution in [-0.4, -0.2) is 27.5 Å². The molecule has 0 saturated carbocycles. The highest BCUT2D eigenvalue weighted by Crippen LogP contribution is 2.25. The zero-order valence-electron chi connectivity index (χ0n) is 8.32. The van der Waals surface area contributed by atoms with Crippen LogP contribution in [0.2, 0.25) is 0 Å². The van der Waals surface area contributed by atoms with Crippen LogP contribution in [0.3, 0.4) is 0 Å². The molecule has 0 aliphatic carbocycles. The third-order valence-corrected chi connectivity index (χ3v) is 2.19. The summed E-state index contributed by atoms with van der Waals surface area (Å²) in [7, 11) is 6.98. The van der Waals surface area contributed by atoms with E-state index >= 15 is 0 Å². The van der Waals surface area contributed by atoms with E-state index in [4.69, 9.17) is 12.6 Å². The summed E-state index contributed by atoms with van der Waals surface area (Å²) in [6.07, 6.45) is 1.74. The number of carbonyl (C=O) groups excluding carboxylic acids is 1. The molecule has 2 rings (SSSR count). The molecule has 1 heterocycles. The molecule has 0 spiro atoms. The van der Waals surface area contributed by atoms with Gasteiger partial charge >= 0.3 is 5.97 Å². The average Bonchev–Trinajstić information content (AvgIpc) is 2.27. The van der Waals surface area contributed by atoms with E-state index in [-0.39, 0.29) is 12.6 Å². The van der Waals surface area contributed by atoms with Crippen LogP contribution < -0.4 is 10.2 Å². The Labute approximate surface area is 89.1 Å². The first kappa shape index (κ1) is 9.83. The second kappa shape index (κ2) is 3.81. The van der Waals surface area contributed by atoms with Crippen molar-refractivity contribution in [1.29, 1.82) is 0 Å². The van der Waals surface area contributed by atoms with Crippen LogP contribution in [0.5, 0.6) is 5.75 Å². The second-order valence-electron chi connectivity index (χ2n) is 3.25. The summed E-state index contributed by atoms with van der Waals surface area (Å²) in [4.78, 5) is 11.3. The highest BCUT2D eigenvalue weighted by Gasteiger charge is 2.17. The van der Waals surface area contributed by atoms with Gasteiger partial charge in [-0.1, -0.05) is 17.6 Å². The molecule has 0 N–H and O–H groups in total. The minimum absolute atomic E-state index is 0.240. The van der Waals surface area contributed by atoms with Gasteiger partial charge in [0.2, 0.25) is 0 Å². The van der Waals surface area contributed by atoms with Gasteiger partial charge in [-0.3, -0.25) is 0 Å². The second-order valence-corrected chi connectivity index (χ2v) is 3.25. The zero-order chi connectivity index (χ0) is 10.8.